The summed E-state index contributed by atoms with van der Waals surface area (Å²) in [4.78, 5) is 13.8. The molecular weight excluding hydrogens is 314 g/mol. The molecule has 124 valence electrons. The summed E-state index contributed by atoms with van der Waals surface area (Å²) < 4.78 is 11.2. The quantitative estimate of drug-likeness (QED) is 0.564. The van der Waals surface area contributed by atoms with Gasteiger partial charge in [-0.05, 0) is 31.2 Å². The molecule has 0 radical (unpaired) electrons. The standard InChI is InChI=1S/C20H17N3O2/c1-13-20(23-17-8-5-9-18(24-2)19(17)21-13)25-12-15-11-10-14-6-3-4-7-16(14)22-15/h3-11H,12H2,1-2H3. The minimum Gasteiger partial charge on any atom is -0.494 e. The van der Waals surface area contributed by atoms with Gasteiger partial charge < -0.3 is 9.47 Å². The summed E-state index contributed by atoms with van der Waals surface area (Å²) in [7, 11) is 1.63. The van der Waals surface area contributed by atoms with Gasteiger partial charge >= 0.3 is 0 Å². The van der Waals surface area contributed by atoms with E-state index in [4.69, 9.17) is 9.47 Å². The zero-order valence-corrected chi connectivity index (χ0v) is 14.1. The van der Waals surface area contributed by atoms with Crippen LogP contribution in [0.25, 0.3) is 21.9 Å². The maximum absolute atomic E-state index is 5.88. The van der Waals surface area contributed by atoms with Gasteiger partial charge in [0.05, 0.1) is 23.8 Å². The number of rotatable bonds is 4. The number of hydrogen-bond donors (Lipinski definition) is 0. The molecule has 0 spiro atoms. The van der Waals surface area contributed by atoms with Crippen LogP contribution in [0, 0.1) is 6.92 Å². The van der Waals surface area contributed by atoms with Gasteiger partial charge in [0, 0.05) is 5.39 Å². The Hall–Kier alpha value is -3.21. The highest BCUT2D eigenvalue weighted by Crippen LogP contribution is 2.26. The van der Waals surface area contributed by atoms with E-state index in [0.717, 1.165) is 33.3 Å². The largest absolute Gasteiger partial charge is 0.494 e. The number of fused-ring (bicyclic) bond motifs is 2. The van der Waals surface area contributed by atoms with E-state index < -0.39 is 0 Å². The molecule has 0 unspecified atom stereocenters. The van der Waals surface area contributed by atoms with Crippen molar-refractivity contribution in [3.05, 3.63) is 66.0 Å². The van der Waals surface area contributed by atoms with Crippen LogP contribution in [0.15, 0.2) is 54.6 Å². The zero-order valence-electron chi connectivity index (χ0n) is 14.1. The van der Waals surface area contributed by atoms with Crippen LogP contribution in [0.3, 0.4) is 0 Å². The van der Waals surface area contributed by atoms with Crippen molar-refractivity contribution in [1.29, 1.82) is 0 Å². The molecule has 0 aliphatic rings. The molecule has 0 aliphatic carbocycles. The van der Waals surface area contributed by atoms with Gasteiger partial charge in [-0.15, -0.1) is 0 Å². The number of ether oxygens (including phenoxy) is 2. The lowest BCUT2D eigenvalue weighted by Gasteiger charge is -2.10. The lowest BCUT2D eigenvalue weighted by atomic mass is 10.2. The van der Waals surface area contributed by atoms with Crippen molar-refractivity contribution < 1.29 is 9.47 Å². The van der Waals surface area contributed by atoms with Crippen LogP contribution < -0.4 is 9.47 Å². The van der Waals surface area contributed by atoms with Crippen LogP contribution in [0.2, 0.25) is 0 Å². The first-order valence-electron chi connectivity index (χ1n) is 8.03. The molecule has 0 bridgehead atoms. The number of benzene rings is 2. The maximum Gasteiger partial charge on any atom is 0.236 e. The molecule has 5 heteroatoms. The van der Waals surface area contributed by atoms with Gasteiger partial charge in [-0.3, -0.25) is 0 Å². The summed E-state index contributed by atoms with van der Waals surface area (Å²) in [5, 5.41) is 1.11. The molecule has 0 saturated heterocycles. The van der Waals surface area contributed by atoms with Crippen molar-refractivity contribution in [2.45, 2.75) is 13.5 Å². The van der Waals surface area contributed by atoms with Crippen LogP contribution in [-0.4, -0.2) is 22.1 Å². The van der Waals surface area contributed by atoms with E-state index in [2.05, 4.69) is 15.0 Å². The molecule has 2 aromatic carbocycles. The summed E-state index contributed by atoms with van der Waals surface area (Å²) in [6.07, 6.45) is 0. The Bertz CT molecular complexity index is 1060. The molecule has 0 aliphatic heterocycles. The molecule has 4 aromatic rings. The van der Waals surface area contributed by atoms with Gasteiger partial charge in [0.1, 0.15) is 23.6 Å². The number of aryl methyl sites for hydroxylation is 1. The molecular formula is C20H17N3O2. The highest BCUT2D eigenvalue weighted by Gasteiger charge is 2.10. The zero-order chi connectivity index (χ0) is 17.2. The first-order chi connectivity index (χ1) is 12.2. The Balaban J connectivity index is 1.62. The minimum atomic E-state index is 0.343. The van der Waals surface area contributed by atoms with E-state index in [0.29, 0.717) is 18.2 Å². The van der Waals surface area contributed by atoms with Crippen molar-refractivity contribution >= 4 is 21.9 Å². The van der Waals surface area contributed by atoms with E-state index >= 15 is 0 Å². The second kappa shape index (κ2) is 6.36. The van der Waals surface area contributed by atoms with Gasteiger partial charge in [0.25, 0.3) is 0 Å². The Morgan fingerprint density at radius 2 is 1.68 bits per heavy atom. The van der Waals surface area contributed by atoms with Crippen LogP contribution in [0.4, 0.5) is 0 Å². The van der Waals surface area contributed by atoms with Gasteiger partial charge in [-0.25, -0.2) is 15.0 Å². The second-order valence-corrected chi connectivity index (χ2v) is 5.73. The van der Waals surface area contributed by atoms with Gasteiger partial charge in [-0.1, -0.05) is 30.3 Å². The molecule has 5 nitrogen and oxygen atoms in total. The maximum atomic E-state index is 5.88. The predicted molar refractivity (Wildman–Crippen MR) is 96.9 cm³/mol. The van der Waals surface area contributed by atoms with Crippen LogP contribution in [0.1, 0.15) is 11.4 Å². The average molecular weight is 331 g/mol. The van der Waals surface area contributed by atoms with Crippen LogP contribution in [0.5, 0.6) is 11.6 Å². The Morgan fingerprint density at radius 3 is 2.56 bits per heavy atom. The number of hydrogen-bond acceptors (Lipinski definition) is 5. The van der Waals surface area contributed by atoms with E-state index in [1.165, 1.54) is 0 Å². The Kier molecular flexibility index (Phi) is 3.90. The minimum absolute atomic E-state index is 0.343. The summed E-state index contributed by atoms with van der Waals surface area (Å²) in [5.41, 5.74) is 4.00. The molecule has 25 heavy (non-hydrogen) atoms. The third-order valence-electron chi connectivity index (χ3n) is 4.02. The first kappa shape index (κ1) is 15.3. The van der Waals surface area contributed by atoms with Crippen LogP contribution in [-0.2, 0) is 6.61 Å². The van der Waals surface area contributed by atoms with Crippen molar-refractivity contribution in [1.82, 2.24) is 15.0 Å². The summed E-state index contributed by atoms with van der Waals surface area (Å²) in [5.74, 6) is 1.21. The third-order valence-corrected chi connectivity index (χ3v) is 4.02. The van der Waals surface area contributed by atoms with Crippen molar-refractivity contribution in [3.8, 4) is 11.6 Å². The SMILES string of the molecule is COc1cccc2nc(OCc3ccc4ccccc4n3)c(C)nc12. The third kappa shape index (κ3) is 2.96. The fourth-order valence-electron chi connectivity index (χ4n) is 2.75. The number of methoxy groups -OCH3 is 1. The van der Waals surface area contributed by atoms with E-state index in [1.54, 1.807) is 7.11 Å². The number of aromatic nitrogens is 3. The van der Waals surface area contributed by atoms with Crippen LogP contribution >= 0.6 is 0 Å². The van der Waals surface area contributed by atoms with Crippen molar-refractivity contribution in [2.24, 2.45) is 0 Å². The Labute approximate surface area is 145 Å². The molecule has 2 heterocycles. The van der Waals surface area contributed by atoms with Crippen molar-refractivity contribution in [3.63, 3.8) is 0 Å². The van der Waals surface area contributed by atoms with Gasteiger partial charge in [0.15, 0.2) is 0 Å². The lowest BCUT2D eigenvalue weighted by Crippen LogP contribution is -2.03. The fraction of sp³-hybridized carbons (Fsp3) is 0.150. The normalized spacial score (nSPS) is 11.0. The highest BCUT2D eigenvalue weighted by atomic mass is 16.5. The van der Waals surface area contributed by atoms with E-state index in [1.807, 2.05) is 61.5 Å². The number of pyridine rings is 1. The highest BCUT2D eigenvalue weighted by molar-refractivity contribution is 5.81. The summed E-state index contributed by atoms with van der Waals surface area (Å²) in [6, 6.07) is 17.7. The molecule has 0 amide bonds. The van der Waals surface area contributed by atoms with Gasteiger partial charge in [-0.2, -0.15) is 0 Å². The van der Waals surface area contributed by atoms with Gasteiger partial charge in [0.2, 0.25) is 5.88 Å². The average Bonchev–Trinajstić information content (AvgIpc) is 2.65. The predicted octanol–water partition coefficient (Wildman–Crippen LogP) is 4.07. The topological polar surface area (TPSA) is 57.1 Å². The van der Waals surface area contributed by atoms with E-state index in [-0.39, 0.29) is 0 Å². The summed E-state index contributed by atoms with van der Waals surface area (Å²) in [6.45, 7) is 2.22. The smallest absolute Gasteiger partial charge is 0.236 e. The first-order valence-corrected chi connectivity index (χ1v) is 8.03. The summed E-state index contributed by atoms with van der Waals surface area (Å²) >= 11 is 0. The molecule has 0 saturated carbocycles. The molecule has 0 atom stereocenters. The lowest BCUT2D eigenvalue weighted by molar-refractivity contribution is 0.287. The fourth-order valence-corrected chi connectivity index (χ4v) is 2.75. The molecule has 4 rings (SSSR count). The monoisotopic (exact) mass is 331 g/mol. The second-order valence-electron chi connectivity index (χ2n) is 5.73. The molecule has 2 aromatic heterocycles. The van der Waals surface area contributed by atoms with Crippen molar-refractivity contribution in [2.75, 3.05) is 7.11 Å². The molecule has 0 fully saturated rings. The number of nitrogens with zero attached hydrogens (tertiary/aromatic N) is 3. The van der Waals surface area contributed by atoms with E-state index in [9.17, 15) is 0 Å². The molecule has 0 N–H and O–H groups in total. The number of para-hydroxylation sites is 2. The Morgan fingerprint density at radius 1 is 0.840 bits per heavy atom.